The number of hydrogen-bond acceptors (Lipinski definition) is 10. The molecule has 2 aliphatic rings. The molecule has 10 nitrogen and oxygen atoms in total. The number of carbonyl (C=O) groups excluding carboxylic acids is 5. The molecule has 230 valence electrons. The Bertz CT molecular complexity index is 1350. The highest BCUT2D eigenvalue weighted by Gasteiger charge is 2.48. The number of fused-ring (bicyclic) bond motifs is 1. The molecule has 0 amide bonds. The fraction of sp³-hybridized carbons (Fsp3) is 0.424. The third-order valence-corrected chi connectivity index (χ3v) is 7.00. The molecule has 0 radical (unpaired) electrons. The van der Waals surface area contributed by atoms with Crippen molar-refractivity contribution in [3.8, 4) is 0 Å². The van der Waals surface area contributed by atoms with Crippen LogP contribution in [-0.2, 0) is 42.9 Å². The summed E-state index contributed by atoms with van der Waals surface area (Å²) in [7, 11) is 0. The summed E-state index contributed by atoms with van der Waals surface area (Å²) in [5.41, 5.74) is 2.23. The number of hydrogen-bond donors (Lipinski definition) is 0. The first kappa shape index (κ1) is 33.0. The normalized spacial score (nSPS) is 23.2. The van der Waals surface area contributed by atoms with Gasteiger partial charge in [-0.25, -0.2) is 4.79 Å². The van der Waals surface area contributed by atoms with Crippen molar-refractivity contribution in [1.82, 2.24) is 0 Å². The van der Waals surface area contributed by atoms with Gasteiger partial charge in [0.15, 0.2) is 18.3 Å². The van der Waals surface area contributed by atoms with Gasteiger partial charge in [0.25, 0.3) is 6.29 Å². The molecular formula is C33H38O10. The quantitative estimate of drug-likeness (QED) is 0.176. The number of carbonyl (C=O) groups is 5. The average molecular weight is 595 g/mol. The van der Waals surface area contributed by atoms with Crippen LogP contribution in [0.2, 0.25) is 0 Å². The molecule has 3 rings (SSSR count). The van der Waals surface area contributed by atoms with Gasteiger partial charge in [-0.2, -0.15) is 0 Å². The summed E-state index contributed by atoms with van der Waals surface area (Å²) in [5, 5.41) is 0. The van der Waals surface area contributed by atoms with E-state index in [0.29, 0.717) is 18.4 Å². The SMILES string of the molecule is C=C1C(=O)C(OC(=O)c2ccccc2)C=C(C)CCC2C(C(OC(C)=O)C(C=C(C)C)OC(C)=O)=COC(OC(C)=O)C12. The van der Waals surface area contributed by atoms with Crippen LogP contribution in [0.1, 0.15) is 64.7 Å². The molecule has 0 fully saturated rings. The topological polar surface area (TPSA) is 132 Å². The minimum absolute atomic E-state index is 0.00788. The van der Waals surface area contributed by atoms with Crippen molar-refractivity contribution in [3.05, 3.63) is 83.2 Å². The van der Waals surface area contributed by atoms with Crippen molar-refractivity contribution in [3.63, 3.8) is 0 Å². The van der Waals surface area contributed by atoms with Crippen LogP contribution in [0.3, 0.4) is 0 Å². The zero-order chi connectivity index (χ0) is 31.8. The Morgan fingerprint density at radius 2 is 1.60 bits per heavy atom. The minimum Gasteiger partial charge on any atom is -0.462 e. The summed E-state index contributed by atoms with van der Waals surface area (Å²) in [4.78, 5) is 63.3. The first-order valence-corrected chi connectivity index (χ1v) is 14.0. The molecule has 0 bridgehead atoms. The summed E-state index contributed by atoms with van der Waals surface area (Å²) in [6.45, 7) is 13.2. The van der Waals surface area contributed by atoms with Gasteiger partial charge in [-0.15, -0.1) is 0 Å². The fourth-order valence-electron chi connectivity index (χ4n) is 5.21. The zero-order valence-electron chi connectivity index (χ0n) is 25.3. The third kappa shape index (κ3) is 8.76. The van der Waals surface area contributed by atoms with Gasteiger partial charge in [0.05, 0.1) is 17.7 Å². The van der Waals surface area contributed by atoms with E-state index in [1.807, 2.05) is 0 Å². The molecular weight excluding hydrogens is 556 g/mol. The molecule has 1 heterocycles. The highest BCUT2D eigenvalue weighted by atomic mass is 16.7. The minimum atomic E-state index is -1.30. The summed E-state index contributed by atoms with van der Waals surface area (Å²) in [6, 6.07) is 8.27. The molecule has 1 aliphatic carbocycles. The van der Waals surface area contributed by atoms with Crippen molar-refractivity contribution in [2.75, 3.05) is 0 Å². The second-order valence-corrected chi connectivity index (χ2v) is 10.8. The van der Waals surface area contributed by atoms with Crippen LogP contribution in [0.25, 0.3) is 0 Å². The summed E-state index contributed by atoms with van der Waals surface area (Å²) in [6.07, 6.45) is 0.688. The van der Waals surface area contributed by atoms with Crippen LogP contribution >= 0.6 is 0 Å². The summed E-state index contributed by atoms with van der Waals surface area (Å²) in [5.74, 6) is -4.74. The number of rotatable bonds is 8. The second-order valence-electron chi connectivity index (χ2n) is 10.8. The summed E-state index contributed by atoms with van der Waals surface area (Å²) < 4.78 is 28.3. The van der Waals surface area contributed by atoms with Gasteiger partial charge < -0.3 is 23.7 Å². The lowest BCUT2D eigenvalue weighted by atomic mass is 9.73. The molecule has 6 unspecified atom stereocenters. The highest BCUT2D eigenvalue weighted by Crippen LogP contribution is 2.43. The van der Waals surface area contributed by atoms with Gasteiger partial charge in [0, 0.05) is 37.8 Å². The van der Waals surface area contributed by atoms with Gasteiger partial charge in [-0.05, 0) is 57.9 Å². The van der Waals surface area contributed by atoms with Crippen LogP contribution in [-0.4, -0.2) is 54.3 Å². The largest absolute Gasteiger partial charge is 0.462 e. The molecule has 0 aromatic heterocycles. The number of esters is 4. The fourth-order valence-corrected chi connectivity index (χ4v) is 5.21. The Balaban J connectivity index is 2.10. The van der Waals surface area contributed by atoms with E-state index in [1.54, 1.807) is 63.3 Å². The van der Waals surface area contributed by atoms with Crippen molar-refractivity contribution >= 4 is 29.7 Å². The van der Waals surface area contributed by atoms with Crippen LogP contribution in [0.15, 0.2) is 77.6 Å². The van der Waals surface area contributed by atoms with E-state index in [9.17, 15) is 24.0 Å². The van der Waals surface area contributed by atoms with E-state index < -0.39 is 66.1 Å². The van der Waals surface area contributed by atoms with Gasteiger partial charge >= 0.3 is 23.9 Å². The maximum Gasteiger partial charge on any atom is 0.339 e. The number of Topliss-reactive ketones (excluding diaryl/α,β-unsaturated/α-hetero) is 1. The Labute approximate surface area is 251 Å². The monoisotopic (exact) mass is 594 g/mol. The lowest BCUT2D eigenvalue weighted by molar-refractivity contribution is -0.183. The lowest BCUT2D eigenvalue weighted by Gasteiger charge is -2.41. The van der Waals surface area contributed by atoms with Crippen LogP contribution in [0.4, 0.5) is 0 Å². The van der Waals surface area contributed by atoms with Gasteiger partial charge in [0.1, 0.15) is 0 Å². The van der Waals surface area contributed by atoms with E-state index in [0.717, 1.165) is 11.1 Å². The molecule has 0 spiro atoms. The molecule has 6 atom stereocenters. The van der Waals surface area contributed by atoms with Crippen molar-refractivity contribution in [1.29, 1.82) is 0 Å². The Morgan fingerprint density at radius 3 is 2.19 bits per heavy atom. The zero-order valence-corrected chi connectivity index (χ0v) is 25.3. The first-order chi connectivity index (χ1) is 20.3. The number of ketones is 1. The molecule has 0 saturated heterocycles. The molecule has 10 heteroatoms. The number of ether oxygens (including phenoxy) is 5. The Hall–Kier alpha value is -4.47. The van der Waals surface area contributed by atoms with E-state index in [-0.39, 0.29) is 11.1 Å². The molecule has 0 N–H and O–H groups in total. The van der Waals surface area contributed by atoms with Crippen LogP contribution in [0.5, 0.6) is 0 Å². The lowest BCUT2D eigenvalue weighted by Crippen LogP contribution is -2.46. The van der Waals surface area contributed by atoms with Gasteiger partial charge in [0.2, 0.25) is 5.78 Å². The number of allylic oxidation sites excluding steroid dienone is 2. The molecule has 43 heavy (non-hydrogen) atoms. The summed E-state index contributed by atoms with van der Waals surface area (Å²) >= 11 is 0. The highest BCUT2D eigenvalue weighted by molar-refractivity contribution is 6.02. The van der Waals surface area contributed by atoms with Crippen molar-refractivity contribution in [2.24, 2.45) is 11.8 Å². The van der Waals surface area contributed by atoms with Crippen LogP contribution < -0.4 is 0 Å². The smallest absolute Gasteiger partial charge is 0.339 e. The third-order valence-electron chi connectivity index (χ3n) is 7.00. The molecule has 1 aromatic carbocycles. The second kappa shape index (κ2) is 14.6. The first-order valence-electron chi connectivity index (χ1n) is 14.0. The molecule has 1 aliphatic heterocycles. The van der Waals surface area contributed by atoms with Crippen molar-refractivity contribution < 1.29 is 47.7 Å². The standard InChI is InChI=1S/C33H38O10/c1-18(2)15-28(40-21(5)34)31(41-22(6)35)26-17-39-33(42-23(7)36)29-20(4)30(37)27(16-19(3)13-14-25(26)29)43-32(38)24-11-9-8-10-12-24/h8-12,15-17,25,27-29,31,33H,4,13-14H2,1-3,5-7H3. The van der Waals surface area contributed by atoms with Crippen molar-refractivity contribution in [2.45, 2.75) is 79.0 Å². The molecule has 0 saturated carbocycles. The van der Waals surface area contributed by atoms with E-state index in [1.165, 1.54) is 27.0 Å². The number of benzene rings is 1. The van der Waals surface area contributed by atoms with E-state index in [4.69, 9.17) is 23.7 Å². The maximum absolute atomic E-state index is 13.9. The Kier molecular flexibility index (Phi) is 11.2. The van der Waals surface area contributed by atoms with E-state index in [2.05, 4.69) is 6.58 Å². The maximum atomic E-state index is 13.9. The predicted molar refractivity (Wildman–Crippen MR) is 155 cm³/mol. The Morgan fingerprint density at radius 1 is 0.953 bits per heavy atom. The van der Waals surface area contributed by atoms with E-state index >= 15 is 0 Å². The molecule has 1 aromatic rings. The van der Waals surface area contributed by atoms with Gasteiger partial charge in [-0.3, -0.25) is 19.2 Å². The average Bonchev–Trinajstić information content (AvgIpc) is 2.96. The predicted octanol–water partition coefficient (Wildman–Crippen LogP) is 4.94. The van der Waals surface area contributed by atoms with Gasteiger partial charge in [-0.1, -0.05) is 35.9 Å². The van der Waals surface area contributed by atoms with Crippen LogP contribution in [0, 0.1) is 11.8 Å².